The molecule has 0 bridgehead atoms. The van der Waals surface area contributed by atoms with E-state index in [1.807, 2.05) is 12.1 Å². The highest BCUT2D eigenvalue weighted by Gasteiger charge is 2.18. The van der Waals surface area contributed by atoms with Crippen LogP contribution < -0.4 is 10.1 Å². The van der Waals surface area contributed by atoms with E-state index in [0.29, 0.717) is 0 Å². The van der Waals surface area contributed by atoms with Crippen molar-refractivity contribution in [2.45, 2.75) is 45.4 Å². The Balaban J connectivity index is 2.17. The standard InChI is InChI=1S/C19H29NO/c1-3-13-20-15-18(16-9-5-4-6-10-16)14-17-11-7-8-12-19(17)21-2/h7-8,11-12,14,16,20H,3-6,9-10,13,15H2,1-2H3/b18-14-. The zero-order chi connectivity index (χ0) is 14.9. The lowest BCUT2D eigenvalue weighted by molar-refractivity contribution is 0.396. The summed E-state index contributed by atoms with van der Waals surface area (Å²) < 4.78 is 5.49. The van der Waals surface area contributed by atoms with Gasteiger partial charge in [-0.3, -0.25) is 0 Å². The van der Waals surface area contributed by atoms with Crippen molar-refractivity contribution in [3.63, 3.8) is 0 Å². The fraction of sp³-hybridized carbons (Fsp3) is 0.579. The van der Waals surface area contributed by atoms with Crippen LogP contribution in [0.1, 0.15) is 51.0 Å². The van der Waals surface area contributed by atoms with Crippen molar-refractivity contribution >= 4 is 6.08 Å². The van der Waals surface area contributed by atoms with Crippen LogP contribution in [0.4, 0.5) is 0 Å². The van der Waals surface area contributed by atoms with Gasteiger partial charge in [-0.25, -0.2) is 0 Å². The maximum absolute atomic E-state index is 5.49. The van der Waals surface area contributed by atoms with Crippen LogP contribution >= 0.6 is 0 Å². The molecule has 0 amide bonds. The van der Waals surface area contributed by atoms with Gasteiger partial charge in [-0.05, 0) is 37.8 Å². The Morgan fingerprint density at radius 1 is 1.24 bits per heavy atom. The van der Waals surface area contributed by atoms with Gasteiger partial charge in [-0.1, -0.05) is 56.0 Å². The summed E-state index contributed by atoms with van der Waals surface area (Å²) in [6.45, 7) is 4.32. The zero-order valence-electron chi connectivity index (χ0n) is 13.5. The van der Waals surface area contributed by atoms with Crippen molar-refractivity contribution in [3.8, 4) is 5.75 Å². The van der Waals surface area contributed by atoms with E-state index in [-0.39, 0.29) is 0 Å². The fourth-order valence-electron chi connectivity index (χ4n) is 3.18. The summed E-state index contributed by atoms with van der Waals surface area (Å²) >= 11 is 0. The van der Waals surface area contributed by atoms with Crippen LogP contribution in [0.2, 0.25) is 0 Å². The molecule has 1 aromatic rings. The number of para-hydroxylation sites is 1. The average Bonchev–Trinajstić information content (AvgIpc) is 2.55. The van der Waals surface area contributed by atoms with Gasteiger partial charge in [-0.2, -0.15) is 0 Å². The van der Waals surface area contributed by atoms with Crippen molar-refractivity contribution in [2.24, 2.45) is 5.92 Å². The molecule has 1 aromatic carbocycles. The monoisotopic (exact) mass is 287 g/mol. The SMILES string of the molecule is CCCNC/C(=C/c1ccccc1OC)C1CCCCC1. The first-order chi connectivity index (χ1) is 10.3. The smallest absolute Gasteiger partial charge is 0.126 e. The van der Waals surface area contributed by atoms with Crippen molar-refractivity contribution in [2.75, 3.05) is 20.2 Å². The topological polar surface area (TPSA) is 21.3 Å². The summed E-state index contributed by atoms with van der Waals surface area (Å²) in [5, 5.41) is 3.58. The molecule has 2 nitrogen and oxygen atoms in total. The fourth-order valence-corrected chi connectivity index (χ4v) is 3.18. The summed E-state index contributed by atoms with van der Waals surface area (Å²) in [5.74, 6) is 1.72. The van der Waals surface area contributed by atoms with Crippen LogP contribution in [-0.4, -0.2) is 20.2 Å². The zero-order valence-corrected chi connectivity index (χ0v) is 13.5. The molecule has 0 aromatic heterocycles. The quantitative estimate of drug-likeness (QED) is 0.737. The predicted molar refractivity (Wildman–Crippen MR) is 90.7 cm³/mol. The Morgan fingerprint density at radius 2 is 2.00 bits per heavy atom. The van der Waals surface area contributed by atoms with Gasteiger partial charge in [0, 0.05) is 12.1 Å². The van der Waals surface area contributed by atoms with E-state index in [9.17, 15) is 0 Å². The summed E-state index contributed by atoms with van der Waals surface area (Å²) in [4.78, 5) is 0. The number of methoxy groups -OCH3 is 1. The summed E-state index contributed by atoms with van der Waals surface area (Å²) in [6, 6.07) is 8.32. The lowest BCUT2D eigenvalue weighted by Crippen LogP contribution is -2.23. The van der Waals surface area contributed by atoms with Crippen molar-refractivity contribution < 1.29 is 4.74 Å². The van der Waals surface area contributed by atoms with Gasteiger partial charge in [0.15, 0.2) is 0 Å². The van der Waals surface area contributed by atoms with Crippen LogP contribution in [0.5, 0.6) is 5.75 Å². The molecule has 2 heteroatoms. The van der Waals surface area contributed by atoms with Gasteiger partial charge in [-0.15, -0.1) is 0 Å². The van der Waals surface area contributed by atoms with E-state index in [2.05, 4.69) is 30.4 Å². The minimum atomic E-state index is 0.744. The Hall–Kier alpha value is -1.28. The Morgan fingerprint density at radius 3 is 2.71 bits per heavy atom. The molecule has 1 saturated carbocycles. The van der Waals surface area contributed by atoms with E-state index >= 15 is 0 Å². The van der Waals surface area contributed by atoms with Crippen molar-refractivity contribution in [3.05, 3.63) is 35.4 Å². The third-order valence-corrected chi connectivity index (χ3v) is 4.37. The predicted octanol–water partition coefficient (Wildman–Crippen LogP) is 4.66. The molecule has 21 heavy (non-hydrogen) atoms. The molecule has 116 valence electrons. The van der Waals surface area contributed by atoms with E-state index < -0.39 is 0 Å². The molecular weight excluding hydrogens is 258 g/mol. The van der Waals surface area contributed by atoms with Crippen LogP contribution in [0.25, 0.3) is 6.08 Å². The van der Waals surface area contributed by atoms with E-state index in [4.69, 9.17) is 4.74 Å². The van der Waals surface area contributed by atoms with Gasteiger partial charge < -0.3 is 10.1 Å². The second kappa shape index (κ2) is 8.89. The lowest BCUT2D eigenvalue weighted by Gasteiger charge is -2.25. The van der Waals surface area contributed by atoms with Crippen LogP contribution in [0.15, 0.2) is 29.8 Å². The molecule has 0 saturated heterocycles. The number of hydrogen-bond donors (Lipinski definition) is 1. The number of ether oxygens (including phenoxy) is 1. The van der Waals surface area contributed by atoms with Gasteiger partial charge in [0.05, 0.1) is 7.11 Å². The molecule has 0 spiro atoms. The highest BCUT2D eigenvalue weighted by Crippen LogP contribution is 2.32. The highest BCUT2D eigenvalue weighted by molar-refractivity contribution is 5.60. The van der Waals surface area contributed by atoms with Crippen LogP contribution in [0.3, 0.4) is 0 Å². The minimum absolute atomic E-state index is 0.744. The number of benzene rings is 1. The second-order valence-electron chi connectivity index (χ2n) is 5.97. The van der Waals surface area contributed by atoms with Crippen LogP contribution in [0, 0.1) is 5.92 Å². The number of nitrogens with one attached hydrogen (secondary N) is 1. The van der Waals surface area contributed by atoms with E-state index in [1.54, 1.807) is 12.7 Å². The van der Waals surface area contributed by atoms with Gasteiger partial charge in [0.25, 0.3) is 0 Å². The first kappa shape index (κ1) is 16.1. The first-order valence-corrected chi connectivity index (χ1v) is 8.39. The summed E-state index contributed by atoms with van der Waals surface area (Å²) in [5.41, 5.74) is 2.76. The number of hydrogen-bond acceptors (Lipinski definition) is 2. The largest absolute Gasteiger partial charge is 0.496 e. The molecule has 0 unspecified atom stereocenters. The Kier molecular flexibility index (Phi) is 6.81. The summed E-state index contributed by atoms with van der Waals surface area (Å²) in [6.07, 6.45) is 10.4. The van der Waals surface area contributed by atoms with Crippen LogP contribution in [-0.2, 0) is 0 Å². The third-order valence-electron chi connectivity index (χ3n) is 4.37. The normalized spacial score (nSPS) is 17.0. The maximum Gasteiger partial charge on any atom is 0.126 e. The molecule has 0 aliphatic heterocycles. The average molecular weight is 287 g/mol. The molecule has 0 heterocycles. The minimum Gasteiger partial charge on any atom is -0.496 e. The van der Waals surface area contributed by atoms with Gasteiger partial charge in [0.2, 0.25) is 0 Å². The number of rotatable bonds is 7. The highest BCUT2D eigenvalue weighted by atomic mass is 16.5. The van der Waals surface area contributed by atoms with Gasteiger partial charge >= 0.3 is 0 Å². The molecule has 0 atom stereocenters. The van der Waals surface area contributed by atoms with E-state index in [0.717, 1.165) is 24.8 Å². The Bertz CT molecular complexity index is 447. The maximum atomic E-state index is 5.49. The molecule has 0 radical (unpaired) electrons. The second-order valence-corrected chi connectivity index (χ2v) is 5.97. The molecule has 1 fully saturated rings. The van der Waals surface area contributed by atoms with E-state index in [1.165, 1.54) is 44.1 Å². The molecule has 1 aliphatic rings. The lowest BCUT2D eigenvalue weighted by atomic mass is 9.83. The molecule has 1 aliphatic carbocycles. The first-order valence-electron chi connectivity index (χ1n) is 8.39. The molecular formula is C19H29NO. The summed E-state index contributed by atoms with van der Waals surface area (Å²) in [7, 11) is 1.75. The molecule has 1 N–H and O–H groups in total. The van der Waals surface area contributed by atoms with Crippen molar-refractivity contribution in [1.82, 2.24) is 5.32 Å². The Labute approximate surface area is 129 Å². The van der Waals surface area contributed by atoms with Crippen molar-refractivity contribution in [1.29, 1.82) is 0 Å². The molecule has 2 rings (SSSR count). The van der Waals surface area contributed by atoms with Gasteiger partial charge in [0.1, 0.15) is 5.75 Å². The third kappa shape index (κ3) is 4.89.